The van der Waals surface area contributed by atoms with Crippen molar-refractivity contribution in [3.8, 4) is 11.5 Å². The first-order valence-corrected chi connectivity index (χ1v) is 9.05. The molecule has 1 atom stereocenters. The number of aliphatic imine (C=N–C) groups is 1. The third kappa shape index (κ3) is 5.89. The summed E-state index contributed by atoms with van der Waals surface area (Å²) in [5.74, 6) is 1.94. The summed E-state index contributed by atoms with van der Waals surface area (Å²) in [5, 5.41) is 17.0. The molecule has 2 rings (SSSR count). The van der Waals surface area contributed by atoms with Crippen molar-refractivity contribution in [3.63, 3.8) is 0 Å². The molecule has 2 aromatic rings. The summed E-state index contributed by atoms with van der Waals surface area (Å²) in [6.07, 6.45) is -0.766. The van der Waals surface area contributed by atoms with E-state index in [4.69, 9.17) is 9.47 Å². The molecule has 6 heteroatoms. The Hall–Kier alpha value is -2.73. The number of hydrogen-bond acceptors (Lipinski definition) is 4. The minimum atomic E-state index is -0.766. The first-order chi connectivity index (χ1) is 13.1. The average molecular weight is 371 g/mol. The number of methoxy groups -OCH3 is 2. The summed E-state index contributed by atoms with van der Waals surface area (Å²) >= 11 is 0. The minimum Gasteiger partial charge on any atom is -0.497 e. The van der Waals surface area contributed by atoms with E-state index in [2.05, 4.69) is 34.7 Å². The SMILES string of the molecule is CCNC(=NCc1ccccc1C)NCC(O)c1cc(OC)ccc1OC. The fourth-order valence-corrected chi connectivity index (χ4v) is 2.70. The smallest absolute Gasteiger partial charge is 0.191 e. The monoisotopic (exact) mass is 371 g/mol. The third-order valence-corrected chi connectivity index (χ3v) is 4.27. The Kier molecular flexibility index (Phi) is 7.95. The van der Waals surface area contributed by atoms with Gasteiger partial charge in [-0.15, -0.1) is 0 Å². The van der Waals surface area contributed by atoms with Gasteiger partial charge in [0.1, 0.15) is 11.5 Å². The summed E-state index contributed by atoms with van der Waals surface area (Å²) in [6.45, 7) is 5.68. The molecule has 0 aliphatic rings. The zero-order valence-corrected chi connectivity index (χ0v) is 16.5. The van der Waals surface area contributed by atoms with E-state index in [0.717, 1.165) is 6.54 Å². The van der Waals surface area contributed by atoms with E-state index in [0.29, 0.717) is 36.1 Å². The molecule has 0 aliphatic carbocycles. The number of hydrogen-bond donors (Lipinski definition) is 3. The summed E-state index contributed by atoms with van der Waals surface area (Å²) in [7, 11) is 3.18. The topological polar surface area (TPSA) is 75.1 Å². The molecular weight excluding hydrogens is 342 g/mol. The average Bonchev–Trinajstić information content (AvgIpc) is 2.70. The van der Waals surface area contributed by atoms with Crippen LogP contribution in [-0.2, 0) is 6.54 Å². The van der Waals surface area contributed by atoms with Crippen molar-refractivity contribution in [1.29, 1.82) is 0 Å². The molecule has 0 aliphatic heterocycles. The lowest BCUT2D eigenvalue weighted by atomic mass is 10.1. The van der Waals surface area contributed by atoms with E-state index in [1.807, 2.05) is 19.1 Å². The van der Waals surface area contributed by atoms with Gasteiger partial charge in [0.2, 0.25) is 0 Å². The van der Waals surface area contributed by atoms with Crippen LogP contribution in [0.2, 0.25) is 0 Å². The number of guanidine groups is 1. The van der Waals surface area contributed by atoms with Gasteiger partial charge >= 0.3 is 0 Å². The normalized spacial score (nSPS) is 12.4. The van der Waals surface area contributed by atoms with Crippen molar-refractivity contribution in [2.45, 2.75) is 26.5 Å². The van der Waals surface area contributed by atoms with Gasteiger partial charge in [-0.05, 0) is 43.2 Å². The maximum absolute atomic E-state index is 10.6. The second kappa shape index (κ2) is 10.4. The van der Waals surface area contributed by atoms with Crippen LogP contribution in [0.4, 0.5) is 0 Å². The number of nitrogens with zero attached hydrogens (tertiary/aromatic N) is 1. The summed E-state index contributed by atoms with van der Waals surface area (Å²) in [6, 6.07) is 13.5. The van der Waals surface area contributed by atoms with Crippen molar-refractivity contribution in [2.24, 2.45) is 4.99 Å². The van der Waals surface area contributed by atoms with E-state index < -0.39 is 6.10 Å². The van der Waals surface area contributed by atoms with Gasteiger partial charge < -0.3 is 25.2 Å². The van der Waals surface area contributed by atoms with Gasteiger partial charge in [-0.1, -0.05) is 24.3 Å². The number of aliphatic hydroxyl groups excluding tert-OH is 1. The Morgan fingerprint density at radius 1 is 1.11 bits per heavy atom. The molecule has 0 heterocycles. The van der Waals surface area contributed by atoms with Gasteiger partial charge in [-0.25, -0.2) is 4.99 Å². The van der Waals surface area contributed by atoms with Crippen LogP contribution >= 0.6 is 0 Å². The molecule has 1 unspecified atom stereocenters. The van der Waals surface area contributed by atoms with Crippen molar-refractivity contribution < 1.29 is 14.6 Å². The molecule has 0 amide bonds. The fraction of sp³-hybridized carbons (Fsp3) is 0.381. The van der Waals surface area contributed by atoms with E-state index in [1.165, 1.54) is 11.1 Å². The molecule has 146 valence electrons. The van der Waals surface area contributed by atoms with Crippen LogP contribution in [0.15, 0.2) is 47.5 Å². The number of benzene rings is 2. The van der Waals surface area contributed by atoms with Crippen LogP contribution in [0.25, 0.3) is 0 Å². The van der Waals surface area contributed by atoms with Crippen molar-refractivity contribution >= 4 is 5.96 Å². The minimum absolute atomic E-state index is 0.295. The highest BCUT2D eigenvalue weighted by Crippen LogP contribution is 2.29. The van der Waals surface area contributed by atoms with E-state index in [1.54, 1.807) is 32.4 Å². The first-order valence-electron chi connectivity index (χ1n) is 9.05. The van der Waals surface area contributed by atoms with Gasteiger partial charge in [0.25, 0.3) is 0 Å². The largest absolute Gasteiger partial charge is 0.497 e. The molecule has 0 bridgehead atoms. The molecule has 0 fully saturated rings. The Bertz CT molecular complexity index is 762. The Morgan fingerprint density at radius 2 is 1.89 bits per heavy atom. The molecule has 2 aromatic carbocycles. The molecule has 0 saturated heterocycles. The predicted octanol–water partition coefficient (Wildman–Crippen LogP) is 2.80. The van der Waals surface area contributed by atoms with Crippen molar-refractivity contribution in [3.05, 3.63) is 59.2 Å². The Morgan fingerprint density at radius 3 is 2.56 bits per heavy atom. The van der Waals surface area contributed by atoms with Gasteiger partial charge in [0.05, 0.1) is 26.9 Å². The van der Waals surface area contributed by atoms with E-state index >= 15 is 0 Å². The number of aryl methyl sites for hydroxylation is 1. The lowest BCUT2D eigenvalue weighted by Crippen LogP contribution is -2.39. The fourth-order valence-electron chi connectivity index (χ4n) is 2.70. The summed E-state index contributed by atoms with van der Waals surface area (Å²) in [5.41, 5.74) is 3.04. The molecule has 0 spiro atoms. The van der Waals surface area contributed by atoms with Gasteiger partial charge in [0, 0.05) is 18.7 Å². The van der Waals surface area contributed by atoms with Gasteiger partial charge in [0.15, 0.2) is 5.96 Å². The first kappa shape index (κ1) is 20.6. The van der Waals surface area contributed by atoms with Crippen molar-refractivity contribution in [1.82, 2.24) is 10.6 Å². The highest BCUT2D eigenvalue weighted by Gasteiger charge is 2.15. The predicted molar refractivity (Wildman–Crippen MR) is 109 cm³/mol. The van der Waals surface area contributed by atoms with Crippen LogP contribution in [0.1, 0.15) is 29.7 Å². The summed E-state index contributed by atoms with van der Waals surface area (Å²) in [4.78, 5) is 4.61. The summed E-state index contributed by atoms with van der Waals surface area (Å²) < 4.78 is 10.6. The number of nitrogens with one attached hydrogen (secondary N) is 2. The molecular formula is C21H29N3O3. The molecule has 3 N–H and O–H groups in total. The quantitative estimate of drug-likeness (QED) is 0.491. The standard InChI is InChI=1S/C21H29N3O3/c1-5-22-21(23-13-16-9-7-6-8-15(16)2)24-14-19(25)18-12-17(26-3)10-11-20(18)27-4/h6-12,19,25H,5,13-14H2,1-4H3,(H2,22,23,24). The van der Waals surface area contributed by atoms with E-state index in [9.17, 15) is 5.11 Å². The van der Waals surface area contributed by atoms with Crippen LogP contribution in [0.3, 0.4) is 0 Å². The molecule has 0 aromatic heterocycles. The Labute approximate surface area is 161 Å². The zero-order chi connectivity index (χ0) is 19.6. The lowest BCUT2D eigenvalue weighted by molar-refractivity contribution is 0.176. The van der Waals surface area contributed by atoms with Crippen LogP contribution in [0.5, 0.6) is 11.5 Å². The number of ether oxygens (including phenoxy) is 2. The highest BCUT2D eigenvalue weighted by atomic mass is 16.5. The van der Waals surface area contributed by atoms with Crippen LogP contribution < -0.4 is 20.1 Å². The van der Waals surface area contributed by atoms with Gasteiger partial charge in [-0.2, -0.15) is 0 Å². The van der Waals surface area contributed by atoms with Crippen LogP contribution in [0, 0.1) is 6.92 Å². The second-order valence-electron chi connectivity index (χ2n) is 6.13. The van der Waals surface area contributed by atoms with Gasteiger partial charge in [-0.3, -0.25) is 0 Å². The lowest BCUT2D eigenvalue weighted by Gasteiger charge is -2.18. The van der Waals surface area contributed by atoms with Crippen LogP contribution in [-0.4, -0.2) is 38.4 Å². The third-order valence-electron chi connectivity index (χ3n) is 4.27. The zero-order valence-electron chi connectivity index (χ0n) is 16.5. The van der Waals surface area contributed by atoms with E-state index in [-0.39, 0.29) is 0 Å². The van der Waals surface area contributed by atoms with Crippen molar-refractivity contribution in [2.75, 3.05) is 27.3 Å². The second-order valence-corrected chi connectivity index (χ2v) is 6.13. The highest BCUT2D eigenvalue weighted by molar-refractivity contribution is 5.79. The Balaban J connectivity index is 2.07. The maximum atomic E-state index is 10.6. The molecule has 27 heavy (non-hydrogen) atoms. The number of aliphatic hydroxyl groups is 1. The number of rotatable bonds is 8. The maximum Gasteiger partial charge on any atom is 0.191 e. The molecule has 6 nitrogen and oxygen atoms in total. The molecule has 0 radical (unpaired) electrons. The molecule has 0 saturated carbocycles.